The van der Waals surface area contributed by atoms with Crippen LogP contribution in [0.25, 0.3) is 0 Å². The van der Waals surface area contributed by atoms with Crippen molar-refractivity contribution in [2.45, 2.75) is 12.5 Å². The van der Waals surface area contributed by atoms with Crippen LogP contribution in [0.15, 0.2) is 46.9 Å². The summed E-state index contributed by atoms with van der Waals surface area (Å²) >= 11 is 9.07. The molecule has 2 aromatic carbocycles. The molecule has 0 spiro atoms. The molecule has 0 aliphatic carbocycles. The van der Waals surface area contributed by atoms with Crippen molar-refractivity contribution in [1.29, 1.82) is 0 Å². The number of nitrogens with two attached hydrogens (primary N) is 1. The molecule has 0 radical (unpaired) electrons. The lowest BCUT2D eigenvalue weighted by Gasteiger charge is -2.14. The average Bonchev–Trinajstić information content (AvgIpc) is 2.32. The van der Waals surface area contributed by atoms with Gasteiger partial charge < -0.3 is 5.73 Å². The molecule has 2 aromatic rings. The Balaban J connectivity index is 2.22. The fraction of sp³-hybridized carbons (Fsp3) is 0.143. The highest BCUT2D eigenvalue weighted by Crippen LogP contribution is 2.25. The normalized spacial score (nSPS) is 12.4. The molecule has 0 amide bonds. The second-order valence-electron chi connectivity index (χ2n) is 4.08. The third-order valence-corrected chi connectivity index (χ3v) is 3.57. The Morgan fingerprint density at radius 1 is 1.22 bits per heavy atom. The number of halogens is 3. The van der Waals surface area contributed by atoms with E-state index in [1.165, 1.54) is 0 Å². The highest BCUT2D eigenvalue weighted by Gasteiger charge is 2.14. The molecular formula is C14H12BrClFN. The van der Waals surface area contributed by atoms with E-state index in [2.05, 4.69) is 15.9 Å². The predicted octanol–water partition coefficient (Wildman–Crippen LogP) is 4.48. The number of rotatable bonds is 3. The summed E-state index contributed by atoms with van der Waals surface area (Å²) < 4.78 is 14.3. The van der Waals surface area contributed by atoms with Gasteiger partial charge in [-0.2, -0.15) is 0 Å². The van der Waals surface area contributed by atoms with Crippen LogP contribution in [0, 0.1) is 5.82 Å². The number of hydrogen-bond donors (Lipinski definition) is 1. The zero-order valence-corrected chi connectivity index (χ0v) is 11.9. The van der Waals surface area contributed by atoms with Gasteiger partial charge >= 0.3 is 0 Å². The number of hydrogen-bond acceptors (Lipinski definition) is 1. The lowest BCUT2D eigenvalue weighted by molar-refractivity contribution is 0.575. The fourth-order valence-corrected chi connectivity index (χ4v) is 2.43. The van der Waals surface area contributed by atoms with E-state index in [0.717, 1.165) is 5.56 Å². The van der Waals surface area contributed by atoms with Gasteiger partial charge in [-0.05, 0) is 46.1 Å². The summed E-state index contributed by atoms with van der Waals surface area (Å²) in [7, 11) is 0. The quantitative estimate of drug-likeness (QED) is 0.883. The molecule has 2 rings (SSSR count). The second kappa shape index (κ2) is 5.83. The Labute approximate surface area is 119 Å². The van der Waals surface area contributed by atoms with Gasteiger partial charge in [-0.15, -0.1) is 0 Å². The zero-order valence-electron chi connectivity index (χ0n) is 9.54. The molecule has 94 valence electrons. The van der Waals surface area contributed by atoms with Crippen molar-refractivity contribution in [2.24, 2.45) is 5.73 Å². The molecule has 0 fully saturated rings. The van der Waals surface area contributed by atoms with Crippen LogP contribution in [-0.4, -0.2) is 0 Å². The third-order valence-electron chi connectivity index (χ3n) is 2.73. The lowest BCUT2D eigenvalue weighted by Crippen LogP contribution is -2.15. The summed E-state index contributed by atoms with van der Waals surface area (Å²) in [6, 6.07) is 12.2. The Hall–Kier alpha value is -0.900. The highest BCUT2D eigenvalue weighted by atomic mass is 79.9. The van der Waals surface area contributed by atoms with Crippen LogP contribution in [0.3, 0.4) is 0 Å². The van der Waals surface area contributed by atoms with Crippen LogP contribution in [0.5, 0.6) is 0 Å². The number of benzene rings is 2. The molecule has 0 aromatic heterocycles. The van der Waals surface area contributed by atoms with Crippen LogP contribution < -0.4 is 5.73 Å². The molecule has 0 aliphatic rings. The SMILES string of the molecule is NC(Cc1cccc(Cl)c1)c1cccc(Br)c1F. The largest absolute Gasteiger partial charge is 0.324 e. The fourth-order valence-electron chi connectivity index (χ4n) is 1.83. The maximum atomic E-state index is 13.9. The van der Waals surface area contributed by atoms with Crippen LogP contribution in [0.2, 0.25) is 5.02 Å². The van der Waals surface area contributed by atoms with Crippen molar-refractivity contribution >= 4 is 27.5 Å². The van der Waals surface area contributed by atoms with Crippen molar-refractivity contribution in [3.63, 3.8) is 0 Å². The van der Waals surface area contributed by atoms with E-state index >= 15 is 0 Å². The molecular weight excluding hydrogens is 317 g/mol. The lowest BCUT2D eigenvalue weighted by atomic mass is 9.99. The molecule has 18 heavy (non-hydrogen) atoms. The van der Waals surface area contributed by atoms with E-state index in [-0.39, 0.29) is 11.9 Å². The zero-order chi connectivity index (χ0) is 13.1. The van der Waals surface area contributed by atoms with Gasteiger partial charge in [0.05, 0.1) is 4.47 Å². The van der Waals surface area contributed by atoms with Gasteiger partial charge in [0.15, 0.2) is 0 Å². The van der Waals surface area contributed by atoms with Crippen LogP contribution in [-0.2, 0) is 6.42 Å². The molecule has 1 nitrogen and oxygen atoms in total. The van der Waals surface area contributed by atoms with E-state index < -0.39 is 0 Å². The molecule has 0 aliphatic heterocycles. The van der Waals surface area contributed by atoms with E-state index in [1.54, 1.807) is 24.3 Å². The van der Waals surface area contributed by atoms with Crippen molar-refractivity contribution in [3.8, 4) is 0 Å². The van der Waals surface area contributed by atoms with Gasteiger partial charge in [-0.1, -0.05) is 35.9 Å². The molecule has 1 unspecified atom stereocenters. The van der Waals surface area contributed by atoms with Crippen molar-refractivity contribution in [1.82, 2.24) is 0 Å². The monoisotopic (exact) mass is 327 g/mol. The Morgan fingerprint density at radius 2 is 1.94 bits per heavy atom. The topological polar surface area (TPSA) is 26.0 Å². The predicted molar refractivity (Wildman–Crippen MR) is 76.2 cm³/mol. The van der Waals surface area contributed by atoms with Gasteiger partial charge in [-0.3, -0.25) is 0 Å². The van der Waals surface area contributed by atoms with E-state index in [1.807, 2.05) is 18.2 Å². The first kappa shape index (κ1) is 13.5. The van der Waals surface area contributed by atoms with Gasteiger partial charge in [0.2, 0.25) is 0 Å². The Bertz CT molecular complexity index is 559. The van der Waals surface area contributed by atoms with Crippen molar-refractivity contribution in [3.05, 3.63) is 68.9 Å². The van der Waals surface area contributed by atoms with Crippen LogP contribution in [0.4, 0.5) is 4.39 Å². The summed E-state index contributed by atoms with van der Waals surface area (Å²) in [5, 5.41) is 0.661. The second-order valence-corrected chi connectivity index (χ2v) is 5.37. The third kappa shape index (κ3) is 3.10. The minimum absolute atomic E-state index is 0.299. The summed E-state index contributed by atoms with van der Waals surface area (Å²) in [5.41, 5.74) is 7.54. The summed E-state index contributed by atoms with van der Waals surface area (Å²) in [6.45, 7) is 0. The molecule has 1 atom stereocenters. The first-order valence-corrected chi connectivity index (χ1v) is 6.69. The van der Waals surface area contributed by atoms with Gasteiger partial charge in [0.1, 0.15) is 5.82 Å². The summed E-state index contributed by atoms with van der Waals surface area (Å²) in [5.74, 6) is -0.299. The standard InChI is InChI=1S/C14H12BrClFN/c15-12-6-2-5-11(14(12)17)13(18)8-9-3-1-4-10(16)7-9/h1-7,13H,8,18H2. The smallest absolute Gasteiger partial charge is 0.142 e. The molecule has 0 saturated heterocycles. The first-order valence-electron chi connectivity index (χ1n) is 5.52. The van der Waals surface area contributed by atoms with Crippen molar-refractivity contribution < 1.29 is 4.39 Å². The van der Waals surface area contributed by atoms with Gasteiger partial charge in [-0.25, -0.2) is 4.39 Å². The minimum Gasteiger partial charge on any atom is -0.324 e. The Morgan fingerprint density at radius 3 is 2.67 bits per heavy atom. The Kier molecular flexibility index (Phi) is 4.38. The molecule has 0 bridgehead atoms. The first-order chi connectivity index (χ1) is 8.58. The molecule has 2 N–H and O–H groups in total. The molecule has 0 saturated carbocycles. The maximum Gasteiger partial charge on any atom is 0.142 e. The van der Waals surface area contributed by atoms with E-state index in [0.29, 0.717) is 21.5 Å². The van der Waals surface area contributed by atoms with Crippen molar-refractivity contribution in [2.75, 3.05) is 0 Å². The molecule has 4 heteroatoms. The highest BCUT2D eigenvalue weighted by molar-refractivity contribution is 9.10. The summed E-state index contributed by atoms with van der Waals surface area (Å²) in [6.07, 6.45) is 0.550. The minimum atomic E-state index is -0.388. The van der Waals surface area contributed by atoms with Crippen LogP contribution in [0.1, 0.15) is 17.2 Å². The molecule has 0 heterocycles. The van der Waals surface area contributed by atoms with E-state index in [9.17, 15) is 4.39 Å². The maximum absolute atomic E-state index is 13.9. The van der Waals surface area contributed by atoms with E-state index in [4.69, 9.17) is 17.3 Å². The van der Waals surface area contributed by atoms with Gasteiger partial charge in [0.25, 0.3) is 0 Å². The average molecular weight is 329 g/mol. The van der Waals surface area contributed by atoms with Crippen LogP contribution >= 0.6 is 27.5 Å². The summed E-state index contributed by atoms with van der Waals surface area (Å²) in [4.78, 5) is 0. The van der Waals surface area contributed by atoms with Gasteiger partial charge in [0, 0.05) is 16.6 Å².